The Morgan fingerprint density at radius 1 is 1.24 bits per heavy atom. The zero-order valence-corrected chi connectivity index (χ0v) is 14.0. The van der Waals surface area contributed by atoms with Gasteiger partial charge in [0, 0.05) is 14.9 Å². The predicted octanol–water partition coefficient (Wildman–Crippen LogP) is 4.01. The molecule has 2 aromatic rings. The lowest BCUT2D eigenvalue weighted by atomic mass is 10.2. The Morgan fingerprint density at radius 3 is 2.76 bits per heavy atom. The molecule has 0 fully saturated rings. The van der Waals surface area contributed by atoms with Crippen molar-refractivity contribution in [3.8, 4) is 0 Å². The third-order valence-corrected chi connectivity index (χ3v) is 4.07. The first-order valence-corrected chi connectivity index (χ1v) is 8.20. The summed E-state index contributed by atoms with van der Waals surface area (Å²) in [4.78, 5) is 0. The molecule has 0 aromatic heterocycles. The number of nitrogens with two attached hydrogens (primary N) is 1. The van der Waals surface area contributed by atoms with Crippen molar-refractivity contribution in [2.24, 2.45) is 15.9 Å². The van der Waals surface area contributed by atoms with Gasteiger partial charge in [0.15, 0.2) is 5.17 Å². The smallest absolute Gasteiger partial charge is 0.180 e. The number of halogens is 2. The van der Waals surface area contributed by atoms with Gasteiger partial charge in [-0.2, -0.15) is 5.10 Å². The van der Waals surface area contributed by atoms with Gasteiger partial charge >= 0.3 is 0 Å². The predicted molar refractivity (Wildman–Crippen MR) is 96.1 cm³/mol. The van der Waals surface area contributed by atoms with Crippen LogP contribution in [0.4, 0.5) is 4.39 Å². The number of nitrogens with zero attached hydrogens (tertiary/aromatic N) is 2. The third-order valence-electron chi connectivity index (χ3n) is 2.54. The molecule has 0 spiro atoms. The second-order valence-corrected chi connectivity index (χ2v) is 6.36. The summed E-state index contributed by atoms with van der Waals surface area (Å²) in [6.07, 6.45) is 1.37. The Bertz CT molecular complexity index is 659. The monoisotopic (exact) mass is 413 g/mol. The van der Waals surface area contributed by atoms with E-state index in [1.54, 1.807) is 12.1 Å². The summed E-state index contributed by atoms with van der Waals surface area (Å²) in [5.41, 5.74) is 7.31. The number of rotatable bonds is 4. The first kappa shape index (κ1) is 16.0. The molecule has 3 nitrogen and oxygen atoms in total. The zero-order chi connectivity index (χ0) is 15.1. The summed E-state index contributed by atoms with van der Waals surface area (Å²) in [5.74, 6) is 0.397. The van der Waals surface area contributed by atoms with Crippen LogP contribution in [0.2, 0.25) is 0 Å². The average molecular weight is 413 g/mol. The second-order valence-electron chi connectivity index (χ2n) is 4.12. The molecule has 2 aromatic carbocycles. The average Bonchev–Trinajstić information content (AvgIpc) is 2.50. The maximum absolute atomic E-state index is 13.5. The van der Waals surface area contributed by atoms with Gasteiger partial charge in [-0.1, -0.05) is 42.1 Å². The van der Waals surface area contributed by atoms with Crippen molar-refractivity contribution in [3.63, 3.8) is 0 Å². The topological polar surface area (TPSA) is 50.7 Å². The van der Waals surface area contributed by atoms with Gasteiger partial charge in [-0.25, -0.2) is 4.39 Å². The van der Waals surface area contributed by atoms with Crippen LogP contribution in [0.15, 0.2) is 58.7 Å². The van der Waals surface area contributed by atoms with Crippen LogP contribution < -0.4 is 5.73 Å². The first-order valence-electron chi connectivity index (χ1n) is 6.13. The molecule has 0 saturated carbocycles. The summed E-state index contributed by atoms with van der Waals surface area (Å²) < 4.78 is 14.4. The largest absolute Gasteiger partial charge is 0.377 e. The van der Waals surface area contributed by atoms with Gasteiger partial charge in [-0.3, -0.25) is 0 Å². The molecule has 0 saturated heterocycles. The SMILES string of the molecule is NC(=NN=Cc1cc(I)ccc1F)SCc1ccccc1. The molecular weight excluding hydrogens is 400 g/mol. The van der Waals surface area contributed by atoms with Crippen LogP contribution in [0.25, 0.3) is 0 Å². The fraction of sp³-hybridized carbons (Fsp3) is 0.0667. The fourth-order valence-corrected chi connectivity index (χ4v) is 2.65. The lowest BCUT2D eigenvalue weighted by molar-refractivity contribution is 0.625. The standard InChI is InChI=1S/C15H13FIN3S/c16-14-7-6-13(17)8-12(14)9-19-20-15(18)21-10-11-4-2-1-3-5-11/h1-9H,10H2,(H2,18,20). The van der Waals surface area contributed by atoms with E-state index in [0.29, 0.717) is 10.7 Å². The summed E-state index contributed by atoms with van der Waals surface area (Å²) in [6.45, 7) is 0. The Hall–Kier alpha value is -1.41. The number of hydrogen-bond donors (Lipinski definition) is 1. The highest BCUT2D eigenvalue weighted by atomic mass is 127. The van der Waals surface area contributed by atoms with Crippen molar-refractivity contribution >= 4 is 45.7 Å². The van der Waals surface area contributed by atoms with Gasteiger partial charge in [0.1, 0.15) is 5.82 Å². The van der Waals surface area contributed by atoms with E-state index in [9.17, 15) is 4.39 Å². The highest BCUT2D eigenvalue weighted by Crippen LogP contribution is 2.12. The third kappa shape index (κ3) is 5.47. The summed E-state index contributed by atoms with van der Waals surface area (Å²) >= 11 is 3.50. The van der Waals surface area contributed by atoms with E-state index in [2.05, 4.69) is 32.8 Å². The molecule has 0 heterocycles. The normalized spacial score (nSPS) is 12.0. The molecule has 0 bridgehead atoms. The fourth-order valence-electron chi connectivity index (χ4n) is 1.52. The molecule has 21 heavy (non-hydrogen) atoms. The van der Waals surface area contributed by atoms with Crippen LogP contribution in [-0.2, 0) is 5.75 Å². The van der Waals surface area contributed by atoms with Gasteiger partial charge in [0.25, 0.3) is 0 Å². The van der Waals surface area contributed by atoms with E-state index in [4.69, 9.17) is 5.73 Å². The molecule has 0 aliphatic carbocycles. The van der Waals surface area contributed by atoms with E-state index in [0.717, 1.165) is 14.9 Å². The van der Waals surface area contributed by atoms with E-state index in [1.165, 1.54) is 24.0 Å². The van der Waals surface area contributed by atoms with Crippen LogP contribution in [0.3, 0.4) is 0 Å². The number of benzene rings is 2. The summed E-state index contributed by atoms with van der Waals surface area (Å²) in [6, 6.07) is 14.7. The van der Waals surface area contributed by atoms with Crippen LogP contribution in [0.1, 0.15) is 11.1 Å². The van der Waals surface area contributed by atoms with Crippen molar-refractivity contribution in [2.45, 2.75) is 5.75 Å². The van der Waals surface area contributed by atoms with Crippen molar-refractivity contribution in [2.75, 3.05) is 0 Å². The van der Waals surface area contributed by atoms with E-state index in [-0.39, 0.29) is 5.82 Å². The van der Waals surface area contributed by atoms with E-state index < -0.39 is 0 Å². The molecule has 108 valence electrons. The van der Waals surface area contributed by atoms with E-state index in [1.807, 2.05) is 30.3 Å². The molecule has 2 rings (SSSR count). The Labute approximate surface area is 140 Å². The van der Waals surface area contributed by atoms with Crippen molar-refractivity contribution in [3.05, 3.63) is 69.0 Å². The van der Waals surface area contributed by atoms with Gasteiger partial charge in [0.05, 0.1) is 6.21 Å². The maximum Gasteiger partial charge on any atom is 0.180 e. The second kappa shape index (κ2) is 8.14. The quantitative estimate of drug-likeness (QED) is 0.357. The Kier molecular flexibility index (Phi) is 6.19. The van der Waals surface area contributed by atoms with Crippen molar-refractivity contribution < 1.29 is 4.39 Å². The van der Waals surface area contributed by atoms with Gasteiger partial charge in [0.2, 0.25) is 0 Å². The van der Waals surface area contributed by atoms with Crippen molar-refractivity contribution in [1.82, 2.24) is 0 Å². The molecule has 0 radical (unpaired) electrons. The maximum atomic E-state index is 13.5. The molecule has 0 amide bonds. The lowest BCUT2D eigenvalue weighted by Gasteiger charge is -1.99. The van der Waals surface area contributed by atoms with Gasteiger partial charge in [-0.05, 0) is 46.4 Å². The molecule has 0 aliphatic rings. The van der Waals surface area contributed by atoms with Crippen molar-refractivity contribution in [1.29, 1.82) is 0 Å². The highest BCUT2D eigenvalue weighted by Gasteiger charge is 1.99. The van der Waals surface area contributed by atoms with Gasteiger partial charge in [-0.15, -0.1) is 5.10 Å². The minimum Gasteiger partial charge on any atom is -0.377 e. The Morgan fingerprint density at radius 2 is 2.00 bits per heavy atom. The molecule has 0 unspecified atom stereocenters. The molecule has 0 atom stereocenters. The minimum atomic E-state index is -0.329. The molecule has 2 N–H and O–H groups in total. The van der Waals surface area contributed by atoms with Crippen LogP contribution in [-0.4, -0.2) is 11.4 Å². The minimum absolute atomic E-state index is 0.329. The first-order chi connectivity index (χ1) is 10.1. The van der Waals surface area contributed by atoms with Crippen LogP contribution >= 0.6 is 34.4 Å². The van der Waals surface area contributed by atoms with Crippen LogP contribution in [0.5, 0.6) is 0 Å². The molecule has 6 heteroatoms. The number of hydrogen-bond acceptors (Lipinski definition) is 3. The molecular formula is C15H13FIN3S. The zero-order valence-electron chi connectivity index (χ0n) is 11.0. The lowest BCUT2D eigenvalue weighted by Crippen LogP contribution is -2.06. The van der Waals surface area contributed by atoms with E-state index >= 15 is 0 Å². The summed E-state index contributed by atoms with van der Waals surface area (Å²) in [7, 11) is 0. The van der Waals surface area contributed by atoms with Crippen LogP contribution in [0, 0.1) is 9.39 Å². The summed E-state index contributed by atoms with van der Waals surface area (Å²) in [5, 5.41) is 8.04. The molecule has 0 aliphatic heterocycles. The highest BCUT2D eigenvalue weighted by molar-refractivity contribution is 14.1. The van der Waals surface area contributed by atoms with Gasteiger partial charge < -0.3 is 5.73 Å². The Balaban J connectivity index is 1.93. The number of amidine groups is 1. The number of thioether (sulfide) groups is 1.